The second kappa shape index (κ2) is 9.32. The molecule has 1 aliphatic rings. The topological polar surface area (TPSA) is 84.0 Å². The number of fused-ring (bicyclic) bond motifs is 1. The molecule has 3 rings (SSSR count). The Bertz CT molecular complexity index is 872. The Morgan fingerprint density at radius 3 is 2.92 bits per heavy atom. The van der Waals surface area contributed by atoms with E-state index in [1.165, 1.54) is 23.2 Å². The lowest BCUT2D eigenvalue weighted by atomic mass is 10.1. The zero-order valence-electron chi connectivity index (χ0n) is 14.5. The molecule has 1 aromatic heterocycles. The Balaban J connectivity index is 1.46. The van der Waals surface area contributed by atoms with Gasteiger partial charge in [-0.25, -0.2) is 0 Å². The number of H-pyrrole nitrogens is 1. The Kier molecular flexibility index (Phi) is 6.85. The highest BCUT2D eigenvalue weighted by atomic mass is 33.1. The van der Waals surface area contributed by atoms with E-state index in [1.54, 1.807) is 18.2 Å². The molecule has 8 heteroatoms. The minimum absolute atomic E-state index is 0.000597. The first kappa shape index (κ1) is 19.1. The number of unbranched alkanes of at least 4 members (excludes halogenated alkanes) is 1. The fourth-order valence-electron chi connectivity index (χ4n) is 3.06. The second-order valence-corrected chi connectivity index (χ2v) is 9.14. The highest BCUT2D eigenvalue weighted by Crippen LogP contribution is 2.39. The molecule has 1 saturated heterocycles. The van der Waals surface area contributed by atoms with Crippen molar-refractivity contribution in [2.75, 3.05) is 12.3 Å². The molecule has 0 unspecified atom stereocenters. The predicted molar refractivity (Wildman–Crippen MR) is 109 cm³/mol. The number of aromatic nitrogens is 2. The molecule has 140 valence electrons. The van der Waals surface area contributed by atoms with Crippen molar-refractivity contribution < 1.29 is 4.79 Å². The van der Waals surface area contributed by atoms with Crippen LogP contribution in [0.3, 0.4) is 0 Å². The fraction of sp³-hybridized carbons (Fsp3) is 0.500. The van der Waals surface area contributed by atoms with Crippen LogP contribution in [0.5, 0.6) is 0 Å². The molecule has 0 radical (unpaired) electrons. The lowest BCUT2D eigenvalue weighted by Crippen LogP contribution is -2.39. The van der Waals surface area contributed by atoms with Crippen LogP contribution in [0.25, 0.3) is 11.0 Å². The number of amides is 1. The summed E-state index contributed by atoms with van der Waals surface area (Å²) in [5.41, 5.74) is 0.0486. The number of carbonyl (C=O) groups excluding carboxylic acids is 1. The van der Waals surface area contributed by atoms with Crippen LogP contribution >= 0.6 is 21.6 Å². The highest BCUT2D eigenvalue weighted by molar-refractivity contribution is 8.77. The van der Waals surface area contributed by atoms with Gasteiger partial charge < -0.3 is 14.9 Å². The summed E-state index contributed by atoms with van der Waals surface area (Å²) in [6, 6.07) is 7.16. The maximum absolute atomic E-state index is 12.1. The van der Waals surface area contributed by atoms with Gasteiger partial charge in [0.25, 0.3) is 0 Å². The van der Waals surface area contributed by atoms with Gasteiger partial charge in [-0.1, -0.05) is 40.1 Å². The van der Waals surface area contributed by atoms with Gasteiger partial charge in [-0.15, -0.1) is 0 Å². The van der Waals surface area contributed by atoms with Crippen molar-refractivity contribution in [3.05, 3.63) is 45.0 Å². The summed E-state index contributed by atoms with van der Waals surface area (Å²) >= 11 is 0. The normalized spacial score (nSPS) is 16.8. The van der Waals surface area contributed by atoms with Gasteiger partial charge in [-0.2, -0.15) is 0 Å². The van der Waals surface area contributed by atoms with E-state index in [2.05, 4.69) is 10.3 Å². The average Bonchev–Trinajstić information content (AvgIpc) is 3.15. The Hall–Kier alpha value is -1.67. The lowest BCUT2D eigenvalue weighted by molar-refractivity contribution is -0.121. The SMILES string of the molecule is O=C(CCCC[C@H]1CCSS1)NCCn1c(=O)c(=O)[nH]c2ccccc21. The molecule has 1 aliphatic heterocycles. The smallest absolute Gasteiger partial charge is 0.316 e. The van der Waals surface area contributed by atoms with Gasteiger partial charge in [0.05, 0.1) is 11.0 Å². The van der Waals surface area contributed by atoms with E-state index in [9.17, 15) is 14.4 Å². The first-order chi connectivity index (χ1) is 12.6. The van der Waals surface area contributed by atoms with Crippen LogP contribution in [0.1, 0.15) is 32.1 Å². The number of hydrogen-bond donors (Lipinski definition) is 2. The summed E-state index contributed by atoms with van der Waals surface area (Å²) in [6.07, 6.45) is 4.93. The van der Waals surface area contributed by atoms with Crippen molar-refractivity contribution >= 4 is 38.5 Å². The minimum atomic E-state index is -0.641. The fourth-order valence-corrected chi connectivity index (χ4v) is 6.09. The maximum Gasteiger partial charge on any atom is 0.316 e. The summed E-state index contributed by atoms with van der Waals surface area (Å²) in [6.45, 7) is 0.617. The molecule has 6 nitrogen and oxygen atoms in total. The molecule has 2 N–H and O–H groups in total. The molecule has 2 heterocycles. The molecule has 1 fully saturated rings. The number of aromatic amines is 1. The molecule has 1 amide bonds. The quantitative estimate of drug-likeness (QED) is 0.409. The van der Waals surface area contributed by atoms with Crippen LogP contribution < -0.4 is 16.4 Å². The Morgan fingerprint density at radius 1 is 1.27 bits per heavy atom. The summed E-state index contributed by atoms with van der Waals surface area (Å²) in [4.78, 5) is 38.4. The first-order valence-corrected chi connectivity index (χ1v) is 11.3. The van der Waals surface area contributed by atoms with E-state index in [0.29, 0.717) is 24.0 Å². The van der Waals surface area contributed by atoms with Crippen LogP contribution in [-0.2, 0) is 11.3 Å². The van der Waals surface area contributed by atoms with Gasteiger partial charge in [-0.05, 0) is 31.4 Å². The van der Waals surface area contributed by atoms with Gasteiger partial charge in [0.2, 0.25) is 5.91 Å². The molecule has 1 atom stereocenters. The van der Waals surface area contributed by atoms with E-state index in [1.807, 2.05) is 27.7 Å². The van der Waals surface area contributed by atoms with E-state index >= 15 is 0 Å². The zero-order chi connectivity index (χ0) is 18.4. The maximum atomic E-state index is 12.1. The molecule has 0 aliphatic carbocycles. The standard InChI is InChI=1S/C18H23N3O3S2/c22-16(8-4-1-5-13-9-12-25-26-13)19-10-11-21-15-7-3-2-6-14(15)20-17(23)18(21)24/h2-3,6-7,13H,1,4-5,8-12H2,(H,19,22)(H,20,23)/t13-/m0/s1. The molecule has 0 bridgehead atoms. The largest absolute Gasteiger partial charge is 0.354 e. The van der Waals surface area contributed by atoms with Gasteiger partial charge >= 0.3 is 11.1 Å². The van der Waals surface area contributed by atoms with Crippen LogP contribution in [0.4, 0.5) is 0 Å². The number of carbonyl (C=O) groups is 1. The van der Waals surface area contributed by atoms with Gasteiger partial charge in [0.15, 0.2) is 0 Å². The van der Waals surface area contributed by atoms with Gasteiger partial charge in [-0.3, -0.25) is 14.4 Å². The first-order valence-electron chi connectivity index (χ1n) is 8.92. The average molecular weight is 394 g/mol. The van der Waals surface area contributed by atoms with Crippen molar-refractivity contribution in [1.82, 2.24) is 14.9 Å². The third-order valence-electron chi connectivity index (χ3n) is 4.45. The molecule has 0 saturated carbocycles. The van der Waals surface area contributed by atoms with Crippen LogP contribution in [0.15, 0.2) is 33.9 Å². The highest BCUT2D eigenvalue weighted by Gasteiger charge is 2.15. The third kappa shape index (κ3) is 4.94. The van der Waals surface area contributed by atoms with Gasteiger partial charge in [0, 0.05) is 30.5 Å². The number of benzene rings is 1. The molecule has 0 spiro atoms. The summed E-state index contributed by atoms with van der Waals surface area (Å²) in [5.74, 6) is 1.24. The summed E-state index contributed by atoms with van der Waals surface area (Å²) in [7, 11) is 3.92. The number of nitrogens with one attached hydrogen (secondary N) is 2. The molecule has 2 aromatic rings. The van der Waals surface area contributed by atoms with Gasteiger partial charge in [0.1, 0.15) is 0 Å². The molecular formula is C18H23N3O3S2. The van der Waals surface area contributed by atoms with Crippen molar-refractivity contribution in [3.8, 4) is 0 Å². The summed E-state index contributed by atoms with van der Waals surface area (Å²) in [5, 5.41) is 3.60. The second-order valence-electron chi connectivity index (χ2n) is 6.35. The van der Waals surface area contributed by atoms with E-state index in [-0.39, 0.29) is 12.5 Å². The van der Waals surface area contributed by atoms with Crippen molar-refractivity contribution in [1.29, 1.82) is 0 Å². The van der Waals surface area contributed by atoms with Crippen LogP contribution in [0.2, 0.25) is 0 Å². The van der Waals surface area contributed by atoms with Crippen molar-refractivity contribution in [2.24, 2.45) is 0 Å². The zero-order valence-corrected chi connectivity index (χ0v) is 16.2. The van der Waals surface area contributed by atoms with E-state index < -0.39 is 11.1 Å². The summed E-state index contributed by atoms with van der Waals surface area (Å²) < 4.78 is 1.42. The van der Waals surface area contributed by atoms with Crippen LogP contribution in [-0.4, -0.2) is 33.0 Å². The Morgan fingerprint density at radius 2 is 2.12 bits per heavy atom. The van der Waals surface area contributed by atoms with Crippen molar-refractivity contribution in [2.45, 2.75) is 43.9 Å². The number of hydrogen-bond acceptors (Lipinski definition) is 5. The van der Waals surface area contributed by atoms with E-state index in [0.717, 1.165) is 18.1 Å². The Labute approximate surface area is 159 Å². The lowest BCUT2D eigenvalue weighted by Gasteiger charge is -2.11. The monoisotopic (exact) mass is 393 g/mol. The minimum Gasteiger partial charge on any atom is -0.354 e. The number of nitrogens with zero attached hydrogens (tertiary/aromatic N) is 1. The van der Waals surface area contributed by atoms with Crippen LogP contribution in [0, 0.1) is 0 Å². The molecular weight excluding hydrogens is 370 g/mol. The van der Waals surface area contributed by atoms with E-state index in [4.69, 9.17) is 0 Å². The van der Waals surface area contributed by atoms with Crippen molar-refractivity contribution in [3.63, 3.8) is 0 Å². The number of rotatable bonds is 8. The molecule has 1 aromatic carbocycles. The molecule has 26 heavy (non-hydrogen) atoms. The third-order valence-corrected chi connectivity index (χ3v) is 7.45. The predicted octanol–water partition coefficient (Wildman–Crippen LogP) is 2.52. The number of para-hydroxylation sites is 2.